The highest BCUT2D eigenvalue weighted by Crippen LogP contribution is 2.32. The average Bonchev–Trinajstić information content (AvgIpc) is 3.03. The number of rotatable bonds is 13. The summed E-state index contributed by atoms with van der Waals surface area (Å²) >= 11 is 0. The smallest absolute Gasteiger partial charge is 0.269 e. The van der Waals surface area contributed by atoms with Gasteiger partial charge in [-0.3, -0.25) is 31.0 Å². The molecule has 1 amide bonds. The number of ether oxygens (including phenoxy) is 2. The second-order valence-corrected chi connectivity index (χ2v) is 9.29. The Balaban J connectivity index is 1.52. The first-order chi connectivity index (χ1) is 20.4. The van der Waals surface area contributed by atoms with E-state index in [4.69, 9.17) is 20.1 Å². The Hall–Kier alpha value is -5.42. The average molecular weight is 570 g/mol. The van der Waals surface area contributed by atoms with Crippen molar-refractivity contribution in [1.82, 2.24) is 10.8 Å². The molecule has 42 heavy (non-hydrogen) atoms. The molecule has 216 valence electrons. The van der Waals surface area contributed by atoms with Crippen molar-refractivity contribution in [3.05, 3.63) is 129 Å². The van der Waals surface area contributed by atoms with Crippen molar-refractivity contribution in [1.29, 1.82) is 5.41 Å². The highest BCUT2D eigenvalue weighted by atomic mass is 16.6. The Morgan fingerprint density at radius 3 is 2.31 bits per heavy atom. The summed E-state index contributed by atoms with van der Waals surface area (Å²) in [5.41, 5.74) is 5.38. The van der Waals surface area contributed by atoms with E-state index in [0.29, 0.717) is 47.9 Å². The molecule has 0 aromatic heterocycles. The molecule has 0 radical (unpaired) electrons. The molecule has 0 spiro atoms. The number of hydroxylamine groups is 1. The first-order valence-corrected chi connectivity index (χ1v) is 13.1. The predicted octanol–water partition coefficient (Wildman–Crippen LogP) is 5.00. The van der Waals surface area contributed by atoms with Gasteiger partial charge in [-0.25, -0.2) is 0 Å². The molecule has 0 heterocycles. The Morgan fingerprint density at radius 1 is 0.952 bits per heavy atom. The standard InChI is InChI=1S/C31H31N5O6/c1-41-28-19-24(11-16-27(28)42-20-22-5-3-2-4-6-22)29(34-25-12-9-23(10-13-25)30(32)35-38)31(37)33-18-17-21-7-14-26(15-8-21)36(39)40/h2-16,19,29,34,38H,17-18,20H2,1H3,(H2,32,35)(H,33,37). The molecular formula is C31H31N5O6. The maximum absolute atomic E-state index is 13.5. The number of hydrogen-bond acceptors (Lipinski definition) is 8. The molecule has 11 nitrogen and oxygen atoms in total. The van der Waals surface area contributed by atoms with Gasteiger partial charge in [-0.1, -0.05) is 48.5 Å². The topological polar surface area (TPSA) is 159 Å². The van der Waals surface area contributed by atoms with Crippen LogP contribution in [0, 0.1) is 15.5 Å². The maximum Gasteiger partial charge on any atom is 0.269 e. The molecule has 1 atom stereocenters. The Labute approximate surface area is 242 Å². The van der Waals surface area contributed by atoms with Crippen LogP contribution in [0.5, 0.6) is 11.5 Å². The fraction of sp³-hybridized carbons (Fsp3) is 0.161. The van der Waals surface area contributed by atoms with E-state index in [0.717, 1.165) is 11.1 Å². The first kappa shape index (κ1) is 29.6. The molecule has 0 saturated carbocycles. The summed E-state index contributed by atoms with van der Waals surface area (Å²) in [5, 5.41) is 33.8. The van der Waals surface area contributed by atoms with Crippen LogP contribution < -0.4 is 25.6 Å². The Morgan fingerprint density at radius 2 is 1.67 bits per heavy atom. The number of methoxy groups -OCH3 is 1. The Bertz CT molecular complexity index is 1510. The summed E-state index contributed by atoms with van der Waals surface area (Å²) in [4.78, 5) is 23.9. The number of nitro groups is 1. The summed E-state index contributed by atoms with van der Waals surface area (Å²) in [5.74, 6) is 0.539. The van der Waals surface area contributed by atoms with E-state index < -0.39 is 11.0 Å². The van der Waals surface area contributed by atoms with Gasteiger partial charge in [0.15, 0.2) is 11.5 Å². The minimum atomic E-state index is -0.819. The van der Waals surface area contributed by atoms with Crippen molar-refractivity contribution in [3.8, 4) is 11.5 Å². The monoisotopic (exact) mass is 569 g/mol. The molecule has 4 aromatic rings. The van der Waals surface area contributed by atoms with E-state index in [2.05, 4.69) is 10.6 Å². The van der Waals surface area contributed by atoms with Crippen molar-refractivity contribution in [3.63, 3.8) is 0 Å². The van der Waals surface area contributed by atoms with Crippen molar-refractivity contribution in [2.45, 2.75) is 19.1 Å². The quantitative estimate of drug-likeness (QED) is 0.0651. The lowest BCUT2D eigenvalue weighted by Gasteiger charge is -2.22. The fourth-order valence-corrected chi connectivity index (χ4v) is 4.20. The number of amidine groups is 1. The number of nitrogens with one attached hydrogen (secondary N) is 4. The SMILES string of the molecule is COc1cc(C(Nc2ccc(C(=N)NO)cc2)C(=O)NCCc2ccc([N+](=O)[O-])cc2)ccc1OCc1ccccc1. The van der Waals surface area contributed by atoms with E-state index in [1.165, 1.54) is 19.2 Å². The van der Waals surface area contributed by atoms with Gasteiger partial charge in [0.05, 0.1) is 12.0 Å². The Kier molecular flexibility index (Phi) is 10.1. The number of anilines is 1. The van der Waals surface area contributed by atoms with Crippen LogP contribution in [0.15, 0.2) is 97.1 Å². The van der Waals surface area contributed by atoms with Crippen LogP contribution in [-0.2, 0) is 17.8 Å². The van der Waals surface area contributed by atoms with Crippen LogP contribution in [0.25, 0.3) is 0 Å². The van der Waals surface area contributed by atoms with Crippen molar-refractivity contribution < 1.29 is 24.4 Å². The highest BCUT2D eigenvalue weighted by Gasteiger charge is 2.22. The summed E-state index contributed by atoms with van der Waals surface area (Å²) in [6, 6.07) is 27.1. The molecule has 0 aliphatic rings. The van der Waals surface area contributed by atoms with Gasteiger partial charge in [0.2, 0.25) is 5.91 Å². The van der Waals surface area contributed by atoms with Gasteiger partial charge in [0, 0.05) is 29.9 Å². The molecule has 0 bridgehead atoms. The maximum atomic E-state index is 13.5. The van der Waals surface area contributed by atoms with Crippen molar-refractivity contribution in [2.75, 3.05) is 19.0 Å². The van der Waals surface area contributed by atoms with Crippen LogP contribution >= 0.6 is 0 Å². The van der Waals surface area contributed by atoms with Crippen LogP contribution in [0.1, 0.15) is 28.3 Å². The number of carbonyl (C=O) groups is 1. The van der Waals surface area contributed by atoms with E-state index in [1.807, 2.05) is 35.8 Å². The highest BCUT2D eigenvalue weighted by molar-refractivity contribution is 5.95. The van der Waals surface area contributed by atoms with Crippen LogP contribution in [0.4, 0.5) is 11.4 Å². The molecule has 5 N–H and O–H groups in total. The number of nitro benzene ring substituents is 1. The zero-order valence-corrected chi connectivity index (χ0v) is 22.9. The van der Waals surface area contributed by atoms with Gasteiger partial charge in [0.25, 0.3) is 5.69 Å². The lowest BCUT2D eigenvalue weighted by Crippen LogP contribution is -2.34. The zero-order valence-electron chi connectivity index (χ0n) is 22.9. The van der Waals surface area contributed by atoms with E-state index in [1.54, 1.807) is 54.6 Å². The molecule has 0 aliphatic carbocycles. The normalized spacial score (nSPS) is 11.2. The summed E-state index contributed by atoms with van der Waals surface area (Å²) in [6.07, 6.45) is 0.483. The van der Waals surface area contributed by atoms with Crippen LogP contribution in [-0.4, -0.2) is 35.5 Å². The number of hydrogen-bond donors (Lipinski definition) is 5. The molecule has 4 aromatic carbocycles. The number of carbonyl (C=O) groups excluding carboxylic acids is 1. The molecular weight excluding hydrogens is 538 g/mol. The molecule has 0 aliphatic heterocycles. The van der Waals surface area contributed by atoms with Crippen molar-refractivity contribution in [2.24, 2.45) is 0 Å². The second-order valence-electron chi connectivity index (χ2n) is 9.29. The van der Waals surface area contributed by atoms with Gasteiger partial charge in [-0.15, -0.1) is 0 Å². The van der Waals surface area contributed by atoms with E-state index in [9.17, 15) is 14.9 Å². The van der Waals surface area contributed by atoms with Crippen LogP contribution in [0.2, 0.25) is 0 Å². The first-order valence-electron chi connectivity index (χ1n) is 13.1. The molecule has 0 fully saturated rings. The molecule has 4 rings (SSSR count). The summed E-state index contributed by atoms with van der Waals surface area (Å²) in [6.45, 7) is 0.661. The van der Waals surface area contributed by atoms with Crippen LogP contribution in [0.3, 0.4) is 0 Å². The minimum Gasteiger partial charge on any atom is -0.493 e. The zero-order chi connectivity index (χ0) is 29.9. The van der Waals surface area contributed by atoms with Crippen molar-refractivity contribution >= 4 is 23.1 Å². The van der Waals surface area contributed by atoms with Gasteiger partial charge in [0.1, 0.15) is 18.5 Å². The molecule has 1 unspecified atom stereocenters. The number of amides is 1. The third-order valence-corrected chi connectivity index (χ3v) is 6.48. The summed E-state index contributed by atoms with van der Waals surface area (Å²) < 4.78 is 11.6. The number of non-ortho nitro benzene ring substituents is 1. The van der Waals surface area contributed by atoms with Gasteiger partial charge < -0.3 is 20.1 Å². The lowest BCUT2D eigenvalue weighted by atomic mass is 10.0. The summed E-state index contributed by atoms with van der Waals surface area (Å²) in [7, 11) is 1.53. The largest absolute Gasteiger partial charge is 0.493 e. The molecule has 11 heteroatoms. The third kappa shape index (κ3) is 7.83. The lowest BCUT2D eigenvalue weighted by molar-refractivity contribution is -0.384. The van der Waals surface area contributed by atoms with Gasteiger partial charge in [-0.2, -0.15) is 0 Å². The third-order valence-electron chi connectivity index (χ3n) is 6.48. The van der Waals surface area contributed by atoms with Gasteiger partial charge >= 0.3 is 0 Å². The number of benzene rings is 4. The molecule has 0 saturated heterocycles. The van der Waals surface area contributed by atoms with E-state index >= 15 is 0 Å². The fourth-order valence-electron chi connectivity index (χ4n) is 4.20. The van der Waals surface area contributed by atoms with E-state index in [-0.39, 0.29) is 17.4 Å². The van der Waals surface area contributed by atoms with Gasteiger partial charge in [-0.05, 0) is 59.5 Å². The predicted molar refractivity (Wildman–Crippen MR) is 158 cm³/mol. The number of nitrogens with zero attached hydrogens (tertiary/aromatic N) is 1. The minimum absolute atomic E-state index is 0.00752. The second kappa shape index (κ2) is 14.3.